The zero-order valence-corrected chi connectivity index (χ0v) is 13.5. The summed E-state index contributed by atoms with van der Waals surface area (Å²) >= 11 is 0. The fourth-order valence-corrected chi connectivity index (χ4v) is 3.51. The molecule has 5 nitrogen and oxygen atoms in total. The number of nitrogens with zero attached hydrogens (tertiary/aromatic N) is 1. The van der Waals surface area contributed by atoms with Gasteiger partial charge in [0.25, 0.3) is 5.91 Å². The van der Waals surface area contributed by atoms with E-state index in [1.54, 1.807) is 6.92 Å². The Morgan fingerprint density at radius 2 is 1.92 bits per heavy atom. The Hall–Kier alpha value is -2.40. The molecule has 1 aliphatic carbocycles. The van der Waals surface area contributed by atoms with E-state index in [0.29, 0.717) is 5.56 Å². The van der Waals surface area contributed by atoms with Gasteiger partial charge in [-0.1, -0.05) is 36.4 Å². The highest BCUT2D eigenvalue weighted by molar-refractivity contribution is 6.07. The molecule has 2 aromatic rings. The average molecular weight is 324 g/mol. The van der Waals surface area contributed by atoms with E-state index in [4.69, 9.17) is 0 Å². The Labute approximate surface area is 140 Å². The lowest BCUT2D eigenvalue weighted by molar-refractivity contribution is -0.132. The summed E-state index contributed by atoms with van der Waals surface area (Å²) in [4.78, 5) is 26.0. The van der Waals surface area contributed by atoms with Crippen LogP contribution in [0.1, 0.15) is 31.4 Å². The summed E-state index contributed by atoms with van der Waals surface area (Å²) in [5.74, 6) is -0.00778. The summed E-state index contributed by atoms with van der Waals surface area (Å²) in [6.45, 7) is 1.76. The Balaban J connectivity index is 1.55. The molecule has 1 aliphatic heterocycles. The topological polar surface area (TPSA) is 69.6 Å². The van der Waals surface area contributed by atoms with Crippen LogP contribution in [0.5, 0.6) is 0 Å². The first-order valence-corrected chi connectivity index (χ1v) is 8.30. The van der Waals surface area contributed by atoms with Gasteiger partial charge in [0.2, 0.25) is 0 Å². The van der Waals surface area contributed by atoms with Gasteiger partial charge in [-0.15, -0.1) is 0 Å². The zero-order chi connectivity index (χ0) is 16.9. The third-order valence-corrected chi connectivity index (χ3v) is 5.21. The molecule has 24 heavy (non-hydrogen) atoms. The molecule has 2 N–H and O–H groups in total. The number of hydrogen-bond acceptors (Lipinski definition) is 3. The molecule has 0 bridgehead atoms. The molecule has 2 aliphatic rings. The number of benzene rings is 2. The van der Waals surface area contributed by atoms with Crippen LogP contribution in [-0.2, 0) is 4.79 Å². The number of amides is 3. The van der Waals surface area contributed by atoms with E-state index in [2.05, 4.69) is 5.32 Å². The van der Waals surface area contributed by atoms with E-state index in [9.17, 15) is 14.7 Å². The van der Waals surface area contributed by atoms with E-state index in [0.717, 1.165) is 28.5 Å². The number of carbonyl (C=O) groups excluding carboxylic acids is 2. The van der Waals surface area contributed by atoms with Crippen LogP contribution in [0.25, 0.3) is 10.8 Å². The molecule has 1 heterocycles. The number of fused-ring (bicyclic) bond motifs is 1. The van der Waals surface area contributed by atoms with Gasteiger partial charge in [-0.25, -0.2) is 4.79 Å². The second kappa shape index (κ2) is 5.31. The van der Waals surface area contributed by atoms with Crippen molar-refractivity contribution in [3.8, 4) is 0 Å². The highest BCUT2D eigenvalue weighted by Gasteiger charge is 2.56. The van der Waals surface area contributed by atoms with E-state index < -0.39 is 17.7 Å². The Bertz CT molecular complexity index is 830. The maximum atomic E-state index is 12.6. The number of rotatable bonds is 4. The van der Waals surface area contributed by atoms with Crippen molar-refractivity contribution >= 4 is 22.7 Å². The van der Waals surface area contributed by atoms with Crippen LogP contribution in [0, 0.1) is 5.92 Å². The summed E-state index contributed by atoms with van der Waals surface area (Å²) in [6.07, 6.45) is 1.03. The standard InChI is InChI=1S/C19H20N2O3/c1-19(15-8-9-15)17(23)21(18(24)20-19)11-16(22)14-7-6-12-4-2-3-5-13(12)10-14/h2-7,10,15-16,22H,8-9,11H2,1H3,(H,20,24)/t16-,19-/m1/s1. The maximum absolute atomic E-state index is 12.6. The lowest BCUT2D eigenvalue weighted by Crippen LogP contribution is -2.46. The number of β-amino-alcohol motifs (C(OH)–C–C–N with tert-alkyl or cyclic N) is 1. The minimum atomic E-state index is -0.897. The largest absolute Gasteiger partial charge is 0.387 e. The minimum absolute atomic E-state index is 0.0225. The van der Waals surface area contributed by atoms with Crippen molar-refractivity contribution in [2.75, 3.05) is 6.54 Å². The molecule has 2 fully saturated rings. The molecular weight excluding hydrogens is 304 g/mol. The third kappa shape index (κ3) is 2.36. The van der Waals surface area contributed by atoms with E-state index in [1.807, 2.05) is 42.5 Å². The van der Waals surface area contributed by atoms with Crippen LogP contribution in [0.3, 0.4) is 0 Å². The molecule has 5 heteroatoms. The second-order valence-corrected chi connectivity index (χ2v) is 6.94. The predicted octanol–water partition coefficient (Wildman–Crippen LogP) is 2.59. The van der Waals surface area contributed by atoms with Gasteiger partial charge < -0.3 is 10.4 Å². The first kappa shape index (κ1) is 15.1. The zero-order valence-electron chi connectivity index (χ0n) is 13.5. The molecule has 0 unspecified atom stereocenters. The van der Waals surface area contributed by atoms with Crippen LogP contribution < -0.4 is 5.32 Å². The third-order valence-electron chi connectivity index (χ3n) is 5.21. The summed E-state index contributed by atoms with van der Waals surface area (Å²) in [5.41, 5.74) is -0.102. The Morgan fingerprint density at radius 1 is 1.21 bits per heavy atom. The average Bonchev–Trinajstić information content (AvgIpc) is 3.40. The molecule has 124 valence electrons. The SMILES string of the molecule is C[C@]1(C2CC2)NC(=O)N(C[C@@H](O)c2ccc3ccccc3c2)C1=O. The fourth-order valence-electron chi connectivity index (χ4n) is 3.51. The molecule has 0 aromatic heterocycles. The fraction of sp³-hybridized carbons (Fsp3) is 0.368. The van der Waals surface area contributed by atoms with Crippen molar-refractivity contribution in [3.63, 3.8) is 0 Å². The van der Waals surface area contributed by atoms with E-state index in [1.165, 1.54) is 0 Å². The van der Waals surface area contributed by atoms with Crippen LogP contribution in [0.15, 0.2) is 42.5 Å². The van der Waals surface area contributed by atoms with Crippen molar-refractivity contribution in [1.82, 2.24) is 10.2 Å². The molecular formula is C19H20N2O3. The molecule has 4 rings (SSSR count). The smallest absolute Gasteiger partial charge is 0.325 e. The van der Waals surface area contributed by atoms with Crippen LogP contribution in [0.4, 0.5) is 4.79 Å². The van der Waals surface area contributed by atoms with Crippen LogP contribution in [0.2, 0.25) is 0 Å². The molecule has 2 aromatic carbocycles. The number of aliphatic hydroxyl groups is 1. The second-order valence-electron chi connectivity index (χ2n) is 6.94. The summed E-state index contributed by atoms with van der Waals surface area (Å²) in [5, 5.41) is 15.4. The van der Waals surface area contributed by atoms with Gasteiger partial charge >= 0.3 is 6.03 Å². The normalized spacial score (nSPS) is 25.2. The number of carbonyl (C=O) groups is 2. The Kier molecular flexibility index (Phi) is 3.35. The van der Waals surface area contributed by atoms with Gasteiger partial charge in [0.05, 0.1) is 12.6 Å². The van der Waals surface area contributed by atoms with Crippen molar-refractivity contribution in [2.24, 2.45) is 5.92 Å². The van der Waals surface area contributed by atoms with Gasteiger partial charge in [-0.2, -0.15) is 0 Å². The molecule has 2 atom stereocenters. The van der Waals surface area contributed by atoms with Crippen LogP contribution in [-0.4, -0.2) is 34.0 Å². The number of imide groups is 1. The molecule has 0 spiro atoms. The monoisotopic (exact) mass is 324 g/mol. The highest BCUT2D eigenvalue weighted by atomic mass is 16.3. The van der Waals surface area contributed by atoms with Gasteiger partial charge in [0.15, 0.2) is 0 Å². The van der Waals surface area contributed by atoms with Gasteiger partial charge in [-0.3, -0.25) is 9.69 Å². The van der Waals surface area contributed by atoms with Crippen molar-refractivity contribution in [1.29, 1.82) is 0 Å². The van der Waals surface area contributed by atoms with Crippen molar-refractivity contribution < 1.29 is 14.7 Å². The molecule has 1 saturated heterocycles. The minimum Gasteiger partial charge on any atom is -0.387 e. The molecule has 3 amide bonds. The Morgan fingerprint density at radius 3 is 2.62 bits per heavy atom. The van der Waals surface area contributed by atoms with Gasteiger partial charge in [0, 0.05) is 0 Å². The van der Waals surface area contributed by atoms with E-state index in [-0.39, 0.29) is 18.4 Å². The van der Waals surface area contributed by atoms with Crippen molar-refractivity contribution in [2.45, 2.75) is 31.4 Å². The summed E-state index contributed by atoms with van der Waals surface area (Å²) in [6, 6.07) is 13.2. The number of nitrogens with one attached hydrogen (secondary N) is 1. The van der Waals surface area contributed by atoms with Crippen molar-refractivity contribution in [3.05, 3.63) is 48.0 Å². The first-order valence-electron chi connectivity index (χ1n) is 8.30. The predicted molar refractivity (Wildman–Crippen MR) is 90.3 cm³/mol. The molecule has 0 radical (unpaired) electrons. The number of urea groups is 1. The number of hydrogen-bond donors (Lipinski definition) is 2. The van der Waals surface area contributed by atoms with Crippen LogP contribution >= 0.6 is 0 Å². The summed E-state index contributed by atoms with van der Waals surface area (Å²) < 4.78 is 0. The summed E-state index contributed by atoms with van der Waals surface area (Å²) in [7, 11) is 0. The van der Waals surface area contributed by atoms with Gasteiger partial charge in [-0.05, 0) is 48.1 Å². The lowest BCUT2D eigenvalue weighted by Gasteiger charge is -2.22. The first-order chi connectivity index (χ1) is 11.5. The maximum Gasteiger partial charge on any atom is 0.325 e. The lowest BCUT2D eigenvalue weighted by atomic mass is 9.96. The van der Waals surface area contributed by atoms with E-state index >= 15 is 0 Å². The van der Waals surface area contributed by atoms with Gasteiger partial charge in [0.1, 0.15) is 5.54 Å². The highest BCUT2D eigenvalue weighted by Crippen LogP contribution is 2.42. The molecule has 1 saturated carbocycles. The number of aliphatic hydroxyl groups excluding tert-OH is 1. The quantitative estimate of drug-likeness (QED) is 0.849.